The third-order valence-electron chi connectivity index (χ3n) is 3.46. The molecule has 5 nitrogen and oxygen atoms in total. The number of carbonyl (C=O) groups excluding carboxylic acids is 1. The molecule has 0 atom stereocenters. The standard InChI is InChI=1S/C18H24N4O/c1-14-4-6-15(7-5-14)12-21-18(23)16-8-9-17(20-13-16)19-10-11-22(2)3/h4-9,13H,10-12H2,1-3H3,(H,19,20)(H,21,23). The molecule has 0 aliphatic rings. The maximum Gasteiger partial charge on any atom is 0.253 e. The minimum absolute atomic E-state index is 0.113. The van der Waals surface area contributed by atoms with Crippen molar-refractivity contribution >= 4 is 11.7 Å². The summed E-state index contributed by atoms with van der Waals surface area (Å²) in [5.74, 6) is 0.667. The first-order chi connectivity index (χ1) is 11.0. The Morgan fingerprint density at radius 1 is 1.13 bits per heavy atom. The maximum atomic E-state index is 12.1. The van der Waals surface area contributed by atoms with Gasteiger partial charge < -0.3 is 15.5 Å². The monoisotopic (exact) mass is 312 g/mol. The number of hydrogen-bond acceptors (Lipinski definition) is 4. The van der Waals surface area contributed by atoms with Crippen LogP contribution in [0.25, 0.3) is 0 Å². The highest BCUT2D eigenvalue weighted by Crippen LogP contribution is 2.06. The van der Waals surface area contributed by atoms with Crippen LogP contribution in [-0.4, -0.2) is 43.0 Å². The van der Waals surface area contributed by atoms with Crippen molar-refractivity contribution in [2.45, 2.75) is 13.5 Å². The number of anilines is 1. The number of benzene rings is 1. The Balaban J connectivity index is 1.83. The van der Waals surface area contributed by atoms with Crippen LogP contribution < -0.4 is 10.6 Å². The number of hydrogen-bond donors (Lipinski definition) is 2. The SMILES string of the molecule is Cc1ccc(CNC(=O)c2ccc(NCCN(C)C)nc2)cc1. The number of nitrogens with zero attached hydrogens (tertiary/aromatic N) is 2. The van der Waals surface area contributed by atoms with E-state index in [-0.39, 0.29) is 5.91 Å². The van der Waals surface area contributed by atoms with Gasteiger partial charge in [0.1, 0.15) is 5.82 Å². The minimum atomic E-state index is -0.113. The summed E-state index contributed by atoms with van der Waals surface area (Å²) in [6.07, 6.45) is 1.60. The average molecular weight is 312 g/mol. The van der Waals surface area contributed by atoms with E-state index in [0.29, 0.717) is 12.1 Å². The largest absolute Gasteiger partial charge is 0.369 e. The van der Waals surface area contributed by atoms with Gasteiger partial charge >= 0.3 is 0 Å². The van der Waals surface area contributed by atoms with Gasteiger partial charge in [-0.2, -0.15) is 0 Å². The van der Waals surface area contributed by atoms with Crippen molar-refractivity contribution in [2.24, 2.45) is 0 Å². The summed E-state index contributed by atoms with van der Waals surface area (Å²) >= 11 is 0. The predicted molar refractivity (Wildman–Crippen MR) is 93.6 cm³/mol. The number of amides is 1. The fraction of sp³-hybridized carbons (Fsp3) is 0.333. The Hall–Kier alpha value is -2.40. The molecule has 122 valence electrons. The van der Waals surface area contributed by atoms with Crippen LogP contribution in [0.1, 0.15) is 21.5 Å². The lowest BCUT2D eigenvalue weighted by molar-refractivity contribution is 0.0950. The van der Waals surface area contributed by atoms with Gasteiger partial charge in [-0.05, 0) is 38.7 Å². The molecule has 1 heterocycles. The highest BCUT2D eigenvalue weighted by Gasteiger charge is 2.06. The van der Waals surface area contributed by atoms with Crippen LogP contribution in [0.15, 0.2) is 42.6 Å². The minimum Gasteiger partial charge on any atom is -0.369 e. The zero-order valence-corrected chi connectivity index (χ0v) is 14.0. The molecule has 1 aromatic heterocycles. The highest BCUT2D eigenvalue weighted by atomic mass is 16.1. The van der Waals surface area contributed by atoms with Gasteiger partial charge in [-0.25, -0.2) is 4.98 Å². The number of pyridine rings is 1. The Morgan fingerprint density at radius 3 is 2.48 bits per heavy atom. The Labute approximate surface area is 137 Å². The molecule has 0 saturated heterocycles. The normalized spacial score (nSPS) is 10.6. The van der Waals surface area contributed by atoms with Crippen molar-refractivity contribution in [2.75, 3.05) is 32.5 Å². The molecule has 2 rings (SSSR count). The smallest absolute Gasteiger partial charge is 0.253 e. The van der Waals surface area contributed by atoms with Crippen LogP contribution in [0.5, 0.6) is 0 Å². The van der Waals surface area contributed by atoms with Gasteiger partial charge in [-0.1, -0.05) is 29.8 Å². The van der Waals surface area contributed by atoms with E-state index in [4.69, 9.17) is 0 Å². The zero-order chi connectivity index (χ0) is 16.7. The topological polar surface area (TPSA) is 57.3 Å². The van der Waals surface area contributed by atoms with Crippen LogP contribution in [0.2, 0.25) is 0 Å². The first-order valence-electron chi connectivity index (χ1n) is 7.73. The number of aryl methyl sites for hydroxylation is 1. The first-order valence-corrected chi connectivity index (χ1v) is 7.73. The molecule has 0 aliphatic carbocycles. The number of nitrogens with one attached hydrogen (secondary N) is 2. The fourth-order valence-corrected chi connectivity index (χ4v) is 2.03. The Morgan fingerprint density at radius 2 is 1.87 bits per heavy atom. The molecule has 2 N–H and O–H groups in total. The number of rotatable bonds is 7. The summed E-state index contributed by atoms with van der Waals surface area (Å²) in [4.78, 5) is 18.5. The lowest BCUT2D eigenvalue weighted by Crippen LogP contribution is -2.23. The van der Waals surface area contributed by atoms with Gasteiger partial charge in [0.15, 0.2) is 0 Å². The van der Waals surface area contributed by atoms with E-state index in [1.807, 2.05) is 51.4 Å². The molecule has 0 spiro atoms. The van der Waals surface area contributed by atoms with Gasteiger partial charge in [-0.3, -0.25) is 4.79 Å². The van der Waals surface area contributed by atoms with E-state index >= 15 is 0 Å². The quantitative estimate of drug-likeness (QED) is 0.823. The summed E-state index contributed by atoms with van der Waals surface area (Å²) in [5, 5.41) is 6.13. The zero-order valence-electron chi connectivity index (χ0n) is 14.0. The number of carbonyl (C=O) groups is 1. The van der Waals surface area contributed by atoms with E-state index < -0.39 is 0 Å². The van der Waals surface area contributed by atoms with E-state index in [0.717, 1.165) is 24.5 Å². The summed E-state index contributed by atoms with van der Waals surface area (Å²) in [5.41, 5.74) is 2.86. The van der Waals surface area contributed by atoms with Crippen molar-refractivity contribution in [3.05, 3.63) is 59.3 Å². The second-order valence-electron chi connectivity index (χ2n) is 5.83. The lowest BCUT2D eigenvalue weighted by atomic mass is 10.1. The van der Waals surface area contributed by atoms with Crippen molar-refractivity contribution in [3.63, 3.8) is 0 Å². The third kappa shape index (κ3) is 5.71. The second-order valence-corrected chi connectivity index (χ2v) is 5.83. The molecule has 0 saturated carbocycles. The fourth-order valence-electron chi connectivity index (χ4n) is 2.03. The van der Waals surface area contributed by atoms with Crippen molar-refractivity contribution < 1.29 is 4.79 Å². The molecule has 2 aromatic rings. The van der Waals surface area contributed by atoms with Crippen LogP contribution in [0, 0.1) is 6.92 Å². The van der Waals surface area contributed by atoms with Crippen molar-refractivity contribution in [1.29, 1.82) is 0 Å². The highest BCUT2D eigenvalue weighted by molar-refractivity contribution is 5.93. The summed E-state index contributed by atoms with van der Waals surface area (Å²) < 4.78 is 0. The summed E-state index contributed by atoms with van der Waals surface area (Å²) in [6.45, 7) is 4.31. The molecule has 1 amide bonds. The van der Waals surface area contributed by atoms with Gasteiger partial charge in [0.25, 0.3) is 5.91 Å². The molecule has 23 heavy (non-hydrogen) atoms. The Kier molecular flexibility index (Phi) is 6.11. The molecule has 5 heteroatoms. The van der Waals surface area contributed by atoms with Gasteiger partial charge in [0, 0.05) is 25.8 Å². The average Bonchev–Trinajstić information content (AvgIpc) is 2.54. The molecule has 0 aliphatic heterocycles. The van der Waals surface area contributed by atoms with Gasteiger partial charge in [0.05, 0.1) is 5.56 Å². The lowest BCUT2D eigenvalue weighted by Gasteiger charge is -2.11. The molecular formula is C18H24N4O. The van der Waals surface area contributed by atoms with Crippen molar-refractivity contribution in [1.82, 2.24) is 15.2 Å². The molecule has 1 aromatic carbocycles. The molecule has 0 bridgehead atoms. The maximum absolute atomic E-state index is 12.1. The molecule has 0 fully saturated rings. The van der Waals surface area contributed by atoms with Gasteiger partial charge in [-0.15, -0.1) is 0 Å². The van der Waals surface area contributed by atoms with E-state index in [1.165, 1.54) is 5.56 Å². The predicted octanol–water partition coefficient (Wildman–Crippen LogP) is 2.29. The Bertz CT molecular complexity index is 620. The summed E-state index contributed by atoms with van der Waals surface area (Å²) in [6, 6.07) is 11.7. The first kappa shape index (κ1) is 17.0. The van der Waals surface area contributed by atoms with Crippen LogP contribution in [0.3, 0.4) is 0 Å². The number of likely N-dealkylation sites (N-methyl/N-ethyl adjacent to an activating group) is 1. The molecule has 0 unspecified atom stereocenters. The van der Waals surface area contributed by atoms with E-state index in [1.54, 1.807) is 12.3 Å². The van der Waals surface area contributed by atoms with Crippen LogP contribution in [-0.2, 0) is 6.54 Å². The van der Waals surface area contributed by atoms with Crippen LogP contribution in [0.4, 0.5) is 5.82 Å². The second kappa shape index (κ2) is 8.29. The van der Waals surface area contributed by atoms with Crippen molar-refractivity contribution in [3.8, 4) is 0 Å². The molecule has 0 radical (unpaired) electrons. The van der Waals surface area contributed by atoms with E-state index in [2.05, 4.69) is 20.5 Å². The van der Waals surface area contributed by atoms with Crippen LogP contribution >= 0.6 is 0 Å². The summed E-state index contributed by atoms with van der Waals surface area (Å²) in [7, 11) is 4.05. The number of aromatic nitrogens is 1. The van der Waals surface area contributed by atoms with Gasteiger partial charge in [0.2, 0.25) is 0 Å². The molecular weight excluding hydrogens is 288 g/mol. The van der Waals surface area contributed by atoms with E-state index in [9.17, 15) is 4.79 Å². The third-order valence-corrected chi connectivity index (χ3v) is 3.46.